The molecule has 0 bridgehead atoms. The third-order valence-corrected chi connectivity index (χ3v) is 10.5. The summed E-state index contributed by atoms with van der Waals surface area (Å²) in [5.74, 6) is 0.612. The zero-order valence-corrected chi connectivity index (χ0v) is 25.5. The van der Waals surface area contributed by atoms with Crippen LogP contribution in [-0.4, -0.2) is 57.8 Å². The number of rotatable bonds is 8. The van der Waals surface area contributed by atoms with E-state index in [2.05, 4.69) is 68.2 Å². The highest BCUT2D eigenvalue weighted by Gasteiger charge is 2.30. The Balaban J connectivity index is 1.09. The smallest absolute Gasteiger partial charge is 0.367 e. The first kappa shape index (κ1) is 29.9. The summed E-state index contributed by atoms with van der Waals surface area (Å²) in [6.07, 6.45) is 1.46. The van der Waals surface area contributed by atoms with Gasteiger partial charge in [-0.3, -0.25) is 4.90 Å². The summed E-state index contributed by atoms with van der Waals surface area (Å²) in [7, 11) is 0. The fraction of sp³-hybridized carbons (Fsp3) is 0.531. The topological polar surface area (TPSA) is 81.8 Å². The molecule has 2 aliphatic rings. The van der Waals surface area contributed by atoms with E-state index in [1.54, 1.807) is 6.07 Å². The molecule has 0 radical (unpaired) electrons. The van der Waals surface area contributed by atoms with Gasteiger partial charge in [0, 0.05) is 48.0 Å². The van der Waals surface area contributed by atoms with Crippen LogP contribution in [0.1, 0.15) is 60.7 Å². The van der Waals surface area contributed by atoms with Gasteiger partial charge < -0.3 is 15.2 Å². The SMILES string of the molecule is Cc1c(CN2CCC(Nc3ncnc4sc(CC(F)(F)F)cc34)CC2)ccc2c1cc(C#N)n2CCC1(C)CCNCC1. The van der Waals surface area contributed by atoms with E-state index >= 15 is 0 Å². The second kappa shape index (κ2) is 12.1. The summed E-state index contributed by atoms with van der Waals surface area (Å²) < 4.78 is 41.0. The number of alkyl halides is 3. The van der Waals surface area contributed by atoms with Gasteiger partial charge in [-0.05, 0) is 86.9 Å². The Morgan fingerprint density at radius 3 is 2.63 bits per heavy atom. The van der Waals surface area contributed by atoms with Gasteiger partial charge in [0.05, 0.1) is 11.8 Å². The molecule has 1 aromatic carbocycles. The fourth-order valence-corrected chi connectivity index (χ4v) is 7.69. The van der Waals surface area contributed by atoms with Crippen molar-refractivity contribution in [1.82, 2.24) is 24.8 Å². The number of halogens is 3. The van der Waals surface area contributed by atoms with Gasteiger partial charge in [-0.2, -0.15) is 18.4 Å². The maximum atomic E-state index is 12.9. The Labute approximate surface area is 254 Å². The molecule has 0 unspecified atom stereocenters. The number of nitrogens with zero attached hydrogens (tertiary/aromatic N) is 5. The number of piperidine rings is 2. The van der Waals surface area contributed by atoms with Gasteiger partial charge in [-0.15, -0.1) is 11.3 Å². The molecule has 0 atom stereocenters. The summed E-state index contributed by atoms with van der Waals surface area (Å²) in [6.45, 7) is 10.2. The Morgan fingerprint density at radius 1 is 1.14 bits per heavy atom. The summed E-state index contributed by atoms with van der Waals surface area (Å²) in [5, 5.41) is 18.7. The summed E-state index contributed by atoms with van der Waals surface area (Å²) in [5.41, 5.74) is 4.69. The molecule has 0 aliphatic carbocycles. The summed E-state index contributed by atoms with van der Waals surface area (Å²) in [4.78, 5) is 11.8. The zero-order chi connectivity index (χ0) is 30.2. The predicted molar refractivity (Wildman–Crippen MR) is 165 cm³/mol. The lowest BCUT2D eigenvalue weighted by atomic mass is 9.78. The molecule has 6 rings (SSSR count). The highest BCUT2D eigenvalue weighted by molar-refractivity contribution is 7.18. The molecule has 2 aliphatic heterocycles. The van der Waals surface area contributed by atoms with Crippen LogP contribution >= 0.6 is 11.3 Å². The van der Waals surface area contributed by atoms with Crippen molar-refractivity contribution in [3.8, 4) is 6.07 Å². The van der Waals surface area contributed by atoms with E-state index in [1.165, 1.54) is 30.3 Å². The van der Waals surface area contributed by atoms with Crippen LogP contribution in [0, 0.1) is 23.7 Å². The Morgan fingerprint density at radius 2 is 1.91 bits per heavy atom. The molecule has 5 heterocycles. The standard InChI is InChI=1S/C32H38F3N7S/c1-21-22(3-4-28-26(21)15-24(18-36)42(28)14-9-31(2)7-10-37-11-8-31)19-41-12-5-23(6-13-41)40-29-27-16-25(17-32(33,34)35)43-30(27)39-20-38-29/h3-4,15-16,20,23,37H,5-14,17,19H2,1-2H3,(H,38,39,40). The second-order valence-electron chi connectivity index (χ2n) is 12.5. The van der Waals surface area contributed by atoms with E-state index in [9.17, 15) is 18.4 Å². The van der Waals surface area contributed by atoms with Crippen LogP contribution in [0.15, 0.2) is 30.6 Å². The minimum Gasteiger partial charge on any atom is -0.367 e. The zero-order valence-electron chi connectivity index (χ0n) is 24.7. The molecule has 0 spiro atoms. The number of nitriles is 1. The van der Waals surface area contributed by atoms with E-state index in [4.69, 9.17) is 0 Å². The van der Waals surface area contributed by atoms with Crippen molar-refractivity contribution in [1.29, 1.82) is 5.26 Å². The Bertz CT molecular complexity index is 1640. The van der Waals surface area contributed by atoms with Crippen molar-refractivity contribution < 1.29 is 13.2 Å². The van der Waals surface area contributed by atoms with E-state index < -0.39 is 12.6 Å². The number of thiophene rings is 1. The lowest BCUT2D eigenvalue weighted by Crippen LogP contribution is -2.39. The minimum atomic E-state index is -4.25. The Kier molecular flexibility index (Phi) is 8.37. The number of hydrogen-bond acceptors (Lipinski definition) is 7. The molecular weight excluding hydrogens is 571 g/mol. The van der Waals surface area contributed by atoms with Crippen molar-refractivity contribution in [3.05, 3.63) is 52.3 Å². The van der Waals surface area contributed by atoms with Crippen LogP contribution in [0.5, 0.6) is 0 Å². The molecule has 43 heavy (non-hydrogen) atoms. The first-order chi connectivity index (χ1) is 20.6. The number of benzene rings is 1. The van der Waals surface area contributed by atoms with E-state index in [0.29, 0.717) is 21.4 Å². The number of fused-ring (bicyclic) bond motifs is 2. The second-order valence-corrected chi connectivity index (χ2v) is 13.6. The quantitative estimate of drug-likeness (QED) is 0.229. The van der Waals surface area contributed by atoms with Crippen molar-refractivity contribution in [2.24, 2.45) is 5.41 Å². The van der Waals surface area contributed by atoms with Crippen LogP contribution in [0.2, 0.25) is 0 Å². The molecule has 0 amide bonds. The Hall–Kier alpha value is -3.20. The number of aromatic nitrogens is 3. The molecule has 3 aromatic heterocycles. The van der Waals surface area contributed by atoms with Gasteiger partial charge in [-0.1, -0.05) is 13.0 Å². The molecular formula is C32H38F3N7S. The van der Waals surface area contributed by atoms with Crippen molar-refractivity contribution >= 4 is 38.3 Å². The van der Waals surface area contributed by atoms with Crippen LogP contribution in [0.25, 0.3) is 21.1 Å². The lowest BCUT2D eigenvalue weighted by Gasteiger charge is -2.34. The van der Waals surface area contributed by atoms with Gasteiger partial charge in [0.25, 0.3) is 0 Å². The monoisotopic (exact) mass is 609 g/mol. The summed E-state index contributed by atoms with van der Waals surface area (Å²) in [6, 6.07) is 10.7. The molecule has 4 aromatic rings. The van der Waals surface area contributed by atoms with Gasteiger partial charge >= 0.3 is 6.18 Å². The van der Waals surface area contributed by atoms with Crippen molar-refractivity contribution in [2.45, 2.75) is 77.7 Å². The largest absolute Gasteiger partial charge is 0.393 e. The van der Waals surface area contributed by atoms with Crippen LogP contribution < -0.4 is 10.6 Å². The van der Waals surface area contributed by atoms with Gasteiger partial charge in [0.15, 0.2) is 0 Å². The van der Waals surface area contributed by atoms with Crippen molar-refractivity contribution in [3.63, 3.8) is 0 Å². The average molecular weight is 610 g/mol. The van der Waals surface area contributed by atoms with Crippen LogP contribution in [-0.2, 0) is 19.5 Å². The number of nitrogens with one attached hydrogen (secondary N) is 2. The molecule has 2 saturated heterocycles. The first-order valence-corrected chi connectivity index (χ1v) is 15.9. The molecule has 2 fully saturated rings. The molecule has 228 valence electrons. The van der Waals surface area contributed by atoms with E-state index in [0.717, 1.165) is 86.5 Å². The van der Waals surface area contributed by atoms with Crippen LogP contribution in [0.3, 0.4) is 0 Å². The lowest BCUT2D eigenvalue weighted by molar-refractivity contribution is -0.126. The first-order valence-electron chi connectivity index (χ1n) is 15.1. The fourth-order valence-electron chi connectivity index (χ4n) is 6.66. The number of anilines is 1. The third-order valence-electron chi connectivity index (χ3n) is 9.41. The predicted octanol–water partition coefficient (Wildman–Crippen LogP) is 6.79. The maximum Gasteiger partial charge on any atom is 0.393 e. The van der Waals surface area contributed by atoms with Gasteiger partial charge in [0.1, 0.15) is 28.7 Å². The third kappa shape index (κ3) is 6.66. The van der Waals surface area contributed by atoms with E-state index in [1.807, 2.05) is 0 Å². The average Bonchev–Trinajstić information content (AvgIpc) is 3.55. The maximum absolute atomic E-state index is 12.9. The number of hydrogen-bond donors (Lipinski definition) is 2. The highest BCUT2D eigenvalue weighted by atomic mass is 32.1. The molecule has 0 saturated carbocycles. The summed E-state index contributed by atoms with van der Waals surface area (Å²) >= 11 is 1.08. The molecule has 11 heteroatoms. The van der Waals surface area contributed by atoms with Crippen LogP contribution in [0.4, 0.5) is 19.0 Å². The molecule has 2 N–H and O–H groups in total. The van der Waals surface area contributed by atoms with Crippen molar-refractivity contribution in [2.75, 3.05) is 31.5 Å². The van der Waals surface area contributed by atoms with Gasteiger partial charge in [0.2, 0.25) is 0 Å². The highest BCUT2D eigenvalue weighted by Crippen LogP contribution is 2.35. The minimum absolute atomic E-state index is 0.193. The number of aryl methyl sites for hydroxylation is 2. The van der Waals surface area contributed by atoms with Gasteiger partial charge in [-0.25, -0.2) is 9.97 Å². The number of likely N-dealkylation sites (tertiary alicyclic amines) is 1. The van der Waals surface area contributed by atoms with E-state index in [-0.39, 0.29) is 10.9 Å². The normalized spacial score (nSPS) is 18.3. The molecule has 7 nitrogen and oxygen atoms in total.